The minimum atomic E-state index is 0.706. The van der Waals surface area contributed by atoms with Gasteiger partial charge in [-0.1, -0.05) is 25.1 Å². The number of nitrogens with zero attached hydrogens (tertiary/aromatic N) is 5. The van der Waals surface area contributed by atoms with E-state index < -0.39 is 0 Å². The summed E-state index contributed by atoms with van der Waals surface area (Å²) in [6.45, 7) is 7.71. The Bertz CT molecular complexity index is 1160. The fraction of sp³-hybridized carbons (Fsp3) is 0.320. The topological polar surface area (TPSA) is 54.4 Å². The first-order valence-corrected chi connectivity index (χ1v) is 12.0. The zero-order valence-corrected chi connectivity index (χ0v) is 19.1. The lowest BCUT2D eigenvalue weighted by Crippen LogP contribution is -2.47. The molecule has 0 saturated carbocycles. The quantitative estimate of drug-likeness (QED) is 0.417. The molecule has 0 aliphatic carbocycles. The van der Waals surface area contributed by atoms with Crippen molar-refractivity contribution in [3.63, 3.8) is 0 Å². The smallest absolute Gasteiger partial charge is 0.164 e. The SMILES string of the molecule is CCc1cc2c(N3CCN(CCOc4ccccc4)CC3)nc(-c3cccnc3)nc2s1. The summed E-state index contributed by atoms with van der Waals surface area (Å²) in [4.78, 5) is 21.4. The summed E-state index contributed by atoms with van der Waals surface area (Å²) < 4.78 is 5.88. The molecule has 4 heterocycles. The molecule has 0 unspecified atom stereocenters. The van der Waals surface area contributed by atoms with Crippen LogP contribution in [-0.2, 0) is 6.42 Å². The number of benzene rings is 1. The van der Waals surface area contributed by atoms with E-state index in [1.54, 1.807) is 17.5 Å². The fourth-order valence-electron chi connectivity index (χ4n) is 3.99. The Morgan fingerprint density at radius 3 is 2.59 bits per heavy atom. The Hall–Kier alpha value is -3.03. The van der Waals surface area contributed by atoms with Gasteiger partial charge in [-0.3, -0.25) is 9.88 Å². The lowest BCUT2D eigenvalue weighted by Gasteiger charge is -2.35. The van der Waals surface area contributed by atoms with E-state index in [1.165, 1.54) is 10.3 Å². The average molecular weight is 446 g/mol. The second-order valence-corrected chi connectivity index (χ2v) is 9.00. The largest absolute Gasteiger partial charge is 0.492 e. The van der Waals surface area contributed by atoms with Crippen LogP contribution in [-0.4, -0.2) is 59.2 Å². The molecule has 0 N–H and O–H groups in total. The number of para-hydroxylation sites is 1. The van der Waals surface area contributed by atoms with Crippen LogP contribution in [0.25, 0.3) is 21.6 Å². The summed E-state index contributed by atoms with van der Waals surface area (Å²) in [5.41, 5.74) is 0.957. The van der Waals surface area contributed by atoms with Gasteiger partial charge < -0.3 is 9.64 Å². The summed E-state index contributed by atoms with van der Waals surface area (Å²) in [5.74, 6) is 2.73. The van der Waals surface area contributed by atoms with Crippen molar-refractivity contribution < 1.29 is 4.74 Å². The van der Waals surface area contributed by atoms with Gasteiger partial charge in [0.25, 0.3) is 0 Å². The molecule has 1 aliphatic rings. The molecule has 32 heavy (non-hydrogen) atoms. The van der Waals surface area contributed by atoms with E-state index in [0.29, 0.717) is 6.61 Å². The number of aryl methyl sites for hydroxylation is 1. The molecule has 7 heteroatoms. The van der Waals surface area contributed by atoms with Crippen LogP contribution in [0.1, 0.15) is 11.8 Å². The minimum absolute atomic E-state index is 0.706. The Balaban J connectivity index is 1.30. The van der Waals surface area contributed by atoms with Crippen molar-refractivity contribution in [2.45, 2.75) is 13.3 Å². The van der Waals surface area contributed by atoms with Crippen molar-refractivity contribution in [1.29, 1.82) is 0 Å². The lowest BCUT2D eigenvalue weighted by molar-refractivity contribution is 0.200. The number of pyridine rings is 1. The molecular weight excluding hydrogens is 418 g/mol. The molecule has 6 nitrogen and oxygen atoms in total. The van der Waals surface area contributed by atoms with Crippen LogP contribution in [0.15, 0.2) is 60.9 Å². The normalized spacial score (nSPS) is 14.7. The van der Waals surface area contributed by atoms with Crippen LogP contribution >= 0.6 is 11.3 Å². The first-order chi connectivity index (χ1) is 15.8. The molecular formula is C25H27N5OS. The van der Waals surface area contributed by atoms with Crippen LogP contribution in [0.4, 0.5) is 5.82 Å². The molecule has 1 fully saturated rings. The number of rotatable bonds is 7. The van der Waals surface area contributed by atoms with Crippen LogP contribution in [0.3, 0.4) is 0 Å². The standard InChI is InChI=1S/C25H27N5OS/c1-2-21-17-22-24(27-23(28-25(22)32-21)19-7-6-10-26-18-19)30-13-11-29(12-14-30)15-16-31-20-8-4-3-5-9-20/h3-10,17-18H,2,11-16H2,1H3. The van der Waals surface area contributed by atoms with Gasteiger partial charge in [0.15, 0.2) is 5.82 Å². The summed E-state index contributed by atoms with van der Waals surface area (Å²) in [5, 5.41) is 1.17. The number of piperazine rings is 1. The fourth-order valence-corrected chi connectivity index (χ4v) is 4.95. The highest BCUT2D eigenvalue weighted by molar-refractivity contribution is 7.18. The molecule has 4 aromatic rings. The van der Waals surface area contributed by atoms with E-state index in [4.69, 9.17) is 14.7 Å². The molecule has 1 aromatic carbocycles. The van der Waals surface area contributed by atoms with Crippen molar-refractivity contribution in [3.8, 4) is 17.1 Å². The summed E-state index contributed by atoms with van der Waals surface area (Å²) in [7, 11) is 0. The maximum absolute atomic E-state index is 5.88. The minimum Gasteiger partial charge on any atom is -0.492 e. The van der Waals surface area contributed by atoms with E-state index in [-0.39, 0.29) is 0 Å². The predicted octanol–water partition coefficient (Wildman–Crippen LogP) is 4.52. The third kappa shape index (κ3) is 4.59. The molecule has 0 amide bonds. The number of aromatic nitrogens is 3. The predicted molar refractivity (Wildman–Crippen MR) is 131 cm³/mol. The molecule has 5 rings (SSSR count). The summed E-state index contributed by atoms with van der Waals surface area (Å²) in [6.07, 6.45) is 4.63. The van der Waals surface area contributed by atoms with Crippen molar-refractivity contribution in [2.75, 3.05) is 44.2 Å². The zero-order valence-electron chi connectivity index (χ0n) is 18.3. The van der Waals surface area contributed by atoms with Crippen LogP contribution in [0.5, 0.6) is 5.75 Å². The Labute approximate surface area is 192 Å². The second-order valence-electron chi connectivity index (χ2n) is 7.89. The number of hydrogen-bond donors (Lipinski definition) is 0. The van der Waals surface area contributed by atoms with Gasteiger partial charge >= 0.3 is 0 Å². The maximum Gasteiger partial charge on any atom is 0.164 e. The molecule has 1 saturated heterocycles. The highest BCUT2D eigenvalue weighted by Gasteiger charge is 2.22. The van der Waals surface area contributed by atoms with Crippen molar-refractivity contribution in [2.24, 2.45) is 0 Å². The molecule has 0 atom stereocenters. The second kappa shape index (κ2) is 9.63. The Kier molecular flexibility index (Phi) is 6.27. The molecule has 0 radical (unpaired) electrons. The molecule has 3 aromatic heterocycles. The number of anilines is 1. The average Bonchev–Trinajstić information content (AvgIpc) is 3.29. The first kappa shape index (κ1) is 20.8. The van der Waals surface area contributed by atoms with Crippen LogP contribution in [0.2, 0.25) is 0 Å². The van der Waals surface area contributed by atoms with Gasteiger partial charge in [-0.25, -0.2) is 9.97 Å². The molecule has 0 bridgehead atoms. The van der Waals surface area contributed by atoms with E-state index in [1.807, 2.05) is 48.7 Å². The third-order valence-electron chi connectivity index (χ3n) is 5.78. The molecule has 164 valence electrons. The van der Waals surface area contributed by atoms with Crippen molar-refractivity contribution in [3.05, 3.63) is 65.8 Å². The Morgan fingerprint density at radius 2 is 1.84 bits per heavy atom. The highest BCUT2D eigenvalue weighted by atomic mass is 32.1. The van der Waals surface area contributed by atoms with Crippen LogP contribution in [0, 0.1) is 0 Å². The van der Waals surface area contributed by atoms with Crippen molar-refractivity contribution >= 4 is 27.4 Å². The Morgan fingerprint density at radius 1 is 1.00 bits per heavy atom. The van der Waals surface area contributed by atoms with Gasteiger partial charge in [-0.05, 0) is 36.8 Å². The third-order valence-corrected chi connectivity index (χ3v) is 6.96. The highest BCUT2D eigenvalue weighted by Crippen LogP contribution is 2.33. The van der Waals surface area contributed by atoms with Crippen molar-refractivity contribution in [1.82, 2.24) is 19.9 Å². The van der Waals surface area contributed by atoms with E-state index >= 15 is 0 Å². The van der Waals surface area contributed by atoms with E-state index in [2.05, 4.69) is 27.8 Å². The zero-order chi connectivity index (χ0) is 21.8. The van der Waals surface area contributed by atoms with Gasteiger partial charge in [0.1, 0.15) is 23.0 Å². The van der Waals surface area contributed by atoms with E-state index in [9.17, 15) is 0 Å². The van der Waals surface area contributed by atoms with Gasteiger partial charge in [-0.2, -0.15) is 0 Å². The van der Waals surface area contributed by atoms with Gasteiger partial charge in [0.2, 0.25) is 0 Å². The lowest BCUT2D eigenvalue weighted by atomic mass is 10.2. The maximum atomic E-state index is 5.88. The van der Waals surface area contributed by atoms with Gasteiger partial charge in [0.05, 0.1) is 5.39 Å². The summed E-state index contributed by atoms with van der Waals surface area (Å²) in [6, 6.07) is 16.2. The van der Waals surface area contributed by atoms with E-state index in [0.717, 1.165) is 66.9 Å². The number of thiophene rings is 1. The van der Waals surface area contributed by atoms with Gasteiger partial charge in [-0.15, -0.1) is 11.3 Å². The number of fused-ring (bicyclic) bond motifs is 1. The molecule has 0 spiro atoms. The first-order valence-electron chi connectivity index (χ1n) is 11.2. The number of hydrogen-bond acceptors (Lipinski definition) is 7. The number of ether oxygens (including phenoxy) is 1. The monoisotopic (exact) mass is 445 g/mol. The molecule has 1 aliphatic heterocycles. The van der Waals surface area contributed by atoms with Crippen LogP contribution < -0.4 is 9.64 Å². The summed E-state index contributed by atoms with van der Waals surface area (Å²) >= 11 is 1.77. The van der Waals surface area contributed by atoms with Gasteiger partial charge in [0, 0.05) is 55.6 Å².